The Hall–Kier alpha value is -3.77. The number of fused-ring (bicyclic) bond motifs is 1. The number of carboxylic acids is 1. The van der Waals surface area contributed by atoms with Gasteiger partial charge in [0.15, 0.2) is 11.5 Å². The zero-order valence-corrected chi connectivity index (χ0v) is 18.8. The molecule has 0 saturated carbocycles. The van der Waals surface area contributed by atoms with Crippen molar-refractivity contribution >= 4 is 16.9 Å². The van der Waals surface area contributed by atoms with E-state index in [1.807, 2.05) is 79.9 Å². The highest BCUT2D eigenvalue weighted by atomic mass is 16.5. The first-order chi connectivity index (χ1) is 16.1. The molecule has 0 aliphatic heterocycles. The molecule has 1 atom stereocenters. The molecule has 170 valence electrons. The fourth-order valence-electron chi connectivity index (χ4n) is 3.95. The zero-order valence-electron chi connectivity index (χ0n) is 18.8. The highest BCUT2D eigenvalue weighted by Gasteiger charge is 2.21. The van der Waals surface area contributed by atoms with Crippen LogP contribution in [-0.4, -0.2) is 29.2 Å². The van der Waals surface area contributed by atoms with Gasteiger partial charge in [-0.1, -0.05) is 54.6 Å². The standard InChI is InChI=1S/C27H28N2O4/c1-18-8-3-4-9-20(18)17-33-26-19(10-7-13-25(26)32-2)15-29-24(27(30)31)14-21-16-28-23-12-6-5-11-22(21)23/h3-13,16,24,28-29H,14-15,17H2,1-2H3,(H,30,31)/t24-/m0/s1. The number of hydrogen-bond acceptors (Lipinski definition) is 4. The summed E-state index contributed by atoms with van der Waals surface area (Å²) in [6.07, 6.45) is 2.24. The lowest BCUT2D eigenvalue weighted by Crippen LogP contribution is -2.38. The normalized spacial score (nSPS) is 11.9. The first kappa shape index (κ1) is 22.4. The summed E-state index contributed by atoms with van der Waals surface area (Å²) in [6, 6.07) is 20.9. The fourth-order valence-corrected chi connectivity index (χ4v) is 3.95. The number of aromatic amines is 1. The molecule has 0 unspecified atom stereocenters. The van der Waals surface area contributed by atoms with Gasteiger partial charge < -0.3 is 19.6 Å². The largest absolute Gasteiger partial charge is 0.493 e. The van der Waals surface area contributed by atoms with Crippen molar-refractivity contribution in [2.24, 2.45) is 0 Å². The number of rotatable bonds is 10. The smallest absolute Gasteiger partial charge is 0.321 e. The van der Waals surface area contributed by atoms with Gasteiger partial charge in [-0.3, -0.25) is 10.1 Å². The highest BCUT2D eigenvalue weighted by Crippen LogP contribution is 2.32. The van der Waals surface area contributed by atoms with Crippen molar-refractivity contribution < 1.29 is 19.4 Å². The summed E-state index contributed by atoms with van der Waals surface area (Å²) in [4.78, 5) is 15.2. The Morgan fingerprint density at radius 3 is 2.55 bits per heavy atom. The monoisotopic (exact) mass is 444 g/mol. The van der Waals surface area contributed by atoms with Crippen molar-refractivity contribution in [1.29, 1.82) is 0 Å². The third-order valence-corrected chi connectivity index (χ3v) is 5.85. The van der Waals surface area contributed by atoms with Gasteiger partial charge in [0.1, 0.15) is 12.6 Å². The van der Waals surface area contributed by atoms with Crippen molar-refractivity contribution in [3.63, 3.8) is 0 Å². The Morgan fingerprint density at radius 2 is 1.76 bits per heavy atom. The van der Waals surface area contributed by atoms with Crippen LogP contribution < -0.4 is 14.8 Å². The number of methoxy groups -OCH3 is 1. The Bertz CT molecular complexity index is 1250. The fraction of sp³-hybridized carbons (Fsp3) is 0.222. The van der Waals surface area contributed by atoms with E-state index in [1.54, 1.807) is 7.11 Å². The number of nitrogens with one attached hydrogen (secondary N) is 2. The van der Waals surface area contributed by atoms with Crippen molar-refractivity contribution in [3.05, 3.63) is 95.2 Å². The van der Waals surface area contributed by atoms with Crippen LogP contribution >= 0.6 is 0 Å². The van der Waals surface area contributed by atoms with E-state index in [0.717, 1.165) is 33.2 Å². The van der Waals surface area contributed by atoms with E-state index in [2.05, 4.69) is 10.3 Å². The Labute approximate surface area is 193 Å². The molecule has 6 heteroatoms. The van der Waals surface area contributed by atoms with Crippen LogP contribution in [0.5, 0.6) is 11.5 Å². The molecule has 3 N–H and O–H groups in total. The molecular weight excluding hydrogens is 416 g/mol. The summed E-state index contributed by atoms with van der Waals surface area (Å²) in [7, 11) is 1.60. The predicted molar refractivity (Wildman–Crippen MR) is 129 cm³/mol. The second-order valence-corrected chi connectivity index (χ2v) is 8.00. The highest BCUT2D eigenvalue weighted by molar-refractivity contribution is 5.84. The lowest BCUT2D eigenvalue weighted by Gasteiger charge is -2.18. The maximum atomic E-state index is 12.0. The SMILES string of the molecule is COc1cccc(CN[C@@H](Cc2c[nH]c3ccccc23)C(=O)O)c1OCc1ccccc1C. The number of para-hydroxylation sites is 2. The molecule has 0 aliphatic rings. The third-order valence-electron chi connectivity index (χ3n) is 5.85. The molecule has 0 fully saturated rings. The quantitative estimate of drug-likeness (QED) is 0.326. The summed E-state index contributed by atoms with van der Waals surface area (Å²) in [5.41, 5.74) is 5.04. The van der Waals surface area contributed by atoms with Crippen LogP contribution in [0.1, 0.15) is 22.3 Å². The molecule has 4 rings (SSSR count). The lowest BCUT2D eigenvalue weighted by atomic mass is 10.0. The number of hydrogen-bond donors (Lipinski definition) is 3. The van der Waals surface area contributed by atoms with Crippen LogP contribution in [0.25, 0.3) is 10.9 Å². The van der Waals surface area contributed by atoms with Gasteiger partial charge in [-0.25, -0.2) is 0 Å². The number of aliphatic carboxylic acids is 1. The molecular formula is C27H28N2O4. The molecule has 6 nitrogen and oxygen atoms in total. The molecule has 33 heavy (non-hydrogen) atoms. The number of aromatic nitrogens is 1. The van der Waals surface area contributed by atoms with Crippen LogP contribution in [0.3, 0.4) is 0 Å². The first-order valence-electron chi connectivity index (χ1n) is 10.9. The summed E-state index contributed by atoms with van der Waals surface area (Å²) >= 11 is 0. The zero-order chi connectivity index (χ0) is 23.2. The number of ether oxygens (including phenoxy) is 2. The number of H-pyrrole nitrogens is 1. The maximum Gasteiger partial charge on any atom is 0.321 e. The molecule has 3 aromatic carbocycles. The second-order valence-electron chi connectivity index (χ2n) is 8.00. The van der Waals surface area contributed by atoms with Crippen molar-refractivity contribution in [2.75, 3.05) is 7.11 Å². The van der Waals surface area contributed by atoms with Crippen LogP contribution in [0, 0.1) is 6.92 Å². The summed E-state index contributed by atoms with van der Waals surface area (Å²) in [6.45, 7) is 2.78. The molecule has 0 amide bonds. The molecule has 0 radical (unpaired) electrons. The van der Waals surface area contributed by atoms with E-state index in [9.17, 15) is 9.90 Å². The Morgan fingerprint density at radius 1 is 1.00 bits per heavy atom. The molecule has 0 saturated heterocycles. The van der Waals surface area contributed by atoms with Gasteiger partial charge in [-0.05, 0) is 35.7 Å². The average molecular weight is 445 g/mol. The summed E-state index contributed by atoms with van der Waals surface area (Å²) in [5, 5.41) is 14.1. The number of carboxylic acid groups (broad SMARTS) is 1. The van der Waals surface area contributed by atoms with Gasteiger partial charge in [-0.15, -0.1) is 0 Å². The molecule has 1 aromatic heterocycles. The third kappa shape index (κ3) is 5.18. The van der Waals surface area contributed by atoms with E-state index in [0.29, 0.717) is 31.1 Å². The topological polar surface area (TPSA) is 83.6 Å². The van der Waals surface area contributed by atoms with Gasteiger partial charge in [-0.2, -0.15) is 0 Å². The van der Waals surface area contributed by atoms with Gasteiger partial charge >= 0.3 is 5.97 Å². The van der Waals surface area contributed by atoms with Gasteiger partial charge in [0.2, 0.25) is 0 Å². The number of benzene rings is 3. The number of aryl methyl sites for hydroxylation is 1. The predicted octanol–water partition coefficient (Wildman–Crippen LogP) is 4.85. The maximum absolute atomic E-state index is 12.0. The minimum Gasteiger partial charge on any atom is -0.493 e. The van der Waals surface area contributed by atoms with E-state index < -0.39 is 12.0 Å². The Balaban J connectivity index is 1.51. The second kappa shape index (κ2) is 10.2. The van der Waals surface area contributed by atoms with E-state index in [-0.39, 0.29) is 0 Å². The van der Waals surface area contributed by atoms with Crippen LogP contribution in [0.4, 0.5) is 0 Å². The molecule has 0 bridgehead atoms. The van der Waals surface area contributed by atoms with Gasteiger partial charge in [0, 0.05) is 35.6 Å². The van der Waals surface area contributed by atoms with E-state index >= 15 is 0 Å². The molecule has 4 aromatic rings. The van der Waals surface area contributed by atoms with E-state index in [1.165, 1.54) is 0 Å². The summed E-state index contributed by atoms with van der Waals surface area (Å²) < 4.78 is 11.7. The first-order valence-corrected chi connectivity index (χ1v) is 10.9. The van der Waals surface area contributed by atoms with Gasteiger partial charge in [0.25, 0.3) is 0 Å². The molecule has 0 aliphatic carbocycles. The lowest BCUT2D eigenvalue weighted by molar-refractivity contribution is -0.139. The average Bonchev–Trinajstić information content (AvgIpc) is 3.24. The van der Waals surface area contributed by atoms with Crippen LogP contribution in [-0.2, 0) is 24.4 Å². The minimum atomic E-state index is -0.898. The summed E-state index contributed by atoms with van der Waals surface area (Å²) in [5.74, 6) is 0.337. The van der Waals surface area contributed by atoms with Crippen molar-refractivity contribution in [3.8, 4) is 11.5 Å². The van der Waals surface area contributed by atoms with E-state index in [4.69, 9.17) is 9.47 Å². The number of carbonyl (C=O) groups is 1. The van der Waals surface area contributed by atoms with Crippen LogP contribution in [0.15, 0.2) is 72.9 Å². The van der Waals surface area contributed by atoms with Gasteiger partial charge in [0.05, 0.1) is 7.11 Å². The Kier molecular flexibility index (Phi) is 6.95. The molecule has 0 spiro atoms. The van der Waals surface area contributed by atoms with Crippen molar-refractivity contribution in [1.82, 2.24) is 10.3 Å². The minimum absolute atomic E-state index is 0.333. The van der Waals surface area contributed by atoms with Crippen molar-refractivity contribution in [2.45, 2.75) is 32.5 Å². The van der Waals surface area contributed by atoms with Crippen LogP contribution in [0.2, 0.25) is 0 Å². The molecule has 1 heterocycles.